The first-order chi connectivity index (χ1) is 13.1. The summed E-state index contributed by atoms with van der Waals surface area (Å²) in [7, 11) is 1.61. The average Bonchev–Trinajstić information content (AvgIpc) is 3.27. The van der Waals surface area contributed by atoms with E-state index in [0.29, 0.717) is 16.3 Å². The molecule has 0 spiro atoms. The van der Waals surface area contributed by atoms with Crippen molar-refractivity contribution >= 4 is 28.4 Å². The van der Waals surface area contributed by atoms with Crippen molar-refractivity contribution in [2.75, 3.05) is 18.6 Å². The summed E-state index contributed by atoms with van der Waals surface area (Å²) in [5.74, 6) is 1.05. The van der Waals surface area contributed by atoms with Gasteiger partial charge in [0.15, 0.2) is 0 Å². The third-order valence-corrected chi connectivity index (χ3v) is 5.38. The van der Waals surface area contributed by atoms with Crippen LogP contribution in [-0.2, 0) is 0 Å². The molecule has 0 atom stereocenters. The maximum Gasteiger partial charge on any atom is 0.142 e. The second-order valence-electron chi connectivity index (χ2n) is 6.34. The number of nitrogens with zero attached hydrogens (tertiary/aromatic N) is 2. The molecule has 4 rings (SSSR count). The van der Waals surface area contributed by atoms with Crippen molar-refractivity contribution in [1.29, 1.82) is 5.41 Å². The number of aryl methyl sites for hydroxylation is 1. The number of rotatable bonds is 4. The minimum Gasteiger partial charge on any atom is -0.510 e. The maximum atomic E-state index is 10.6. The second kappa shape index (κ2) is 6.89. The molecule has 2 heterocycles. The van der Waals surface area contributed by atoms with Crippen LogP contribution in [0.3, 0.4) is 0 Å². The summed E-state index contributed by atoms with van der Waals surface area (Å²) < 4.78 is 5.45. The van der Waals surface area contributed by atoms with Crippen molar-refractivity contribution in [3.05, 3.63) is 70.2 Å². The van der Waals surface area contributed by atoms with Crippen molar-refractivity contribution in [2.24, 2.45) is 0 Å². The highest BCUT2D eigenvalue weighted by molar-refractivity contribution is 7.11. The largest absolute Gasteiger partial charge is 0.510 e. The first-order valence-electron chi connectivity index (χ1n) is 8.53. The van der Waals surface area contributed by atoms with Gasteiger partial charge in [0.2, 0.25) is 0 Å². The predicted molar refractivity (Wildman–Crippen MR) is 110 cm³/mol. The van der Waals surface area contributed by atoms with Crippen LogP contribution in [-0.4, -0.2) is 29.6 Å². The van der Waals surface area contributed by atoms with Crippen molar-refractivity contribution in [3.63, 3.8) is 0 Å². The number of hydrogen-bond donors (Lipinski definition) is 2. The zero-order valence-corrected chi connectivity index (χ0v) is 15.9. The van der Waals surface area contributed by atoms with Crippen LogP contribution < -0.4 is 9.64 Å². The molecule has 0 aliphatic carbocycles. The molecule has 27 heavy (non-hydrogen) atoms. The topological polar surface area (TPSA) is 69.4 Å². The lowest BCUT2D eigenvalue weighted by Gasteiger charge is -2.21. The van der Waals surface area contributed by atoms with Crippen LogP contribution in [0.4, 0.5) is 5.69 Å². The van der Waals surface area contributed by atoms with Gasteiger partial charge in [-0.2, -0.15) is 0 Å². The zero-order valence-electron chi connectivity index (χ0n) is 15.1. The molecular weight excluding hydrogens is 358 g/mol. The molecule has 2 N–H and O–H groups in total. The second-order valence-corrected chi connectivity index (χ2v) is 7.19. The molecule has 0 radical (unpaired) electrons. The van der Waals surface area contributed by atoms with Gasteiger partial charge in [0.1, 0.15) is 22.4 Å². The van der Waals surface area contributed by atoms with E-state index in [4.69, 9.17) is 10.1 Å². The van der Waals surface area contributed by atoms with Crippen molar-refractivity contribution in [2.45, 2.75) is 6.92 Å². The lowest BCUT2D eigenvalue weighted by Crippen LogP contribution is -2.26. The molecule has 0 saturated heterocycles. The Morgan fingerprint density at radius 3 is 2.70 bits per heavy atom. The van der Waals surface area contributed by atoms with Gasteiger partial charge >= 0.3 is 0 Å². The summed E-state index contributed by atoms with van der Waals surface area (Å²) in [6, 6.07) is 15.7. The Morgan fingerprint density at radius 1 is 1.19 bits per heavy atom. The SMILES string of the molecule is COc1ccc(C)cc1N1CC(O)=C(c2nc(-c3ccccc3)cs2)C1=N. The summed E-state index contributed by atoms with van der Waals surface area (Å²) in [6.07, 6.45) is 0. The van der Waals surface area contributed by atoms with E-state index in [1.54, 1.807) is 12.0 Å². The summed E-state index contributed by atoms with van der Waals surface area (Å²) in [6.45, 7) is 2.22. The van der Waals surface area contributed by atoms with Crippen LogP contribution in [0.25, 0.3) is 16.8 Å². The predicted octanol–water partition coefficient (Wildman–Crippen LogP) is 4.89. The number of nitrogens with one attached hydrogen (secondary N) is 1. The number of hydrogen-bond acceptors (Lipinski definition) is 5. The average molecular weight is 377 g/mol. The van der Waals surface area contributed by atoms with Gasteiger partial charge in [-0.15, -0.1) is 11.3 Å². The minimum absolute atomic E-state index is 0.150. The number of anilines is 1. The van der Waals surface area contributed by atoms with Crippen LogP contribution >= 0.6 is 11.3 Å². The van der Waals surface area contributed by atoms with Gasteiger partial charge in [0.25, 0.3) is 0 Å². The smallest absolute Gasteiger partial charge is 0.142 e. The number of aromatic nitrogens is 1. The number of methoxy groups -OCH3 is 1. The number of amidine groups is 1. The maximum absolute atomic E-state index is 10.6. The van der Waals surface area contributed by atoms with Gasteiger partial charge in [0, 0.05) is 10.9 Å². The number of ether oxygens (including phenoxy) is 1. The Kier molecular flexibility index (Phi) is 4.41. The molecule has 0 unspecified atom stereocenters. The van der Waals surface area contributed by atoms with Crippen molar-refractivity contribution < 1.29 is 9.84 Å². The van der Waals surface area contributed by atoms with Gasteiger partial charge < -0.3 is 14.7 Å². The van der Waals surface area contributed by atoms with Crippen LogP contribution in [0.15, 0.2) is 59.7 Å². The Hall–Kier alpha value is -3.12. The van der Waals surface area contributed by atoms with E-state index in [-0.39, 0.29) is 18.1 Å². The number of aliphatic hydroxyl groups is 1. The zero-order chi connectivity index (χ0) is 19.0. The van der Waals surface area contributed by atoms with E-state index >= 15 is 0 Å². The highest BCUT2D eigenvalue weighted by atomic mass is 32.1. The summed E-state index contributed by atoms with van der Waals surface area (Å²) in [4.78, 5) is 6.40. The Labute approximate surface area is 161 Å². The highest BCUT2D eigenvalue weighted by Gasteiger charge is 2.32. The summed E-state index contributed by atoms with van der Waals surface area (Å²) in [5, 5.41) is 21.8. The number of aliphatic hydroxyl groups excluding tert-OH is 1. The molecule has 3 aromatic rings. The third-order valence-electron chi connectivity index (χ3n) is 4.52. The Balaban J connectivity index is 1.68. The fraction of sp³-hybridized carbons (Fsp3) is 0.143. The van der Waals surface area contributed by atoms with Gasteiger partial charge in [0.05, 0.1) is 30.6 Å². The highest BCUT2D eigenvalue weighted by Crippen LogP contribution is 2.38. The van der Waals surface area contributed by atoms with Crippen LogP contribution in [0, 0.1) is 12.3 Å². The van der Waals surface area contributed by atoms with Gasteiger partial charge in [-0.1, -0.05) is 36.4 Å². The molecule has 0 bridgehead atoms. The fourth-order valence-electron chi connectivity index (χ4n) is 3.15. The fourth-order valence-corrected chi connectivity index (χ4v) is 4.05. The van der Waals surface area contributed by atoms with Crippen LogP contribution in [0.1, 0.15) is 10.6 Å². The first kappa shape index (κ1) is 17.3. The Bertz CT molecular complexity index is 1040. The molecule has 5 nitrogen and oxygen atoms in total. The van der Waals surface area contributed by atoms with Gasteiger partial charge in [-0.3, -0.25) is 5.41 Å². The lowest BCUT2D eigenvalue weighted by atomic mass is 10.2. The monoisotopic (exact) mass is 377 g/mol. The summed E-state index contributed by atoms with van der Waals surface area (Å²) in [5.41, 5.74) is 4.17. The van der Waals surface area contributed by atoms with Gasteiger partial charge in [-0.05, 0) is 24.6 Å². The summed E-state index contributed by atoms with van der Waals surface area (Å²) >= 11 is 1.43. The van der Waals surface area contributed by atoms with Gasteiger partial charge in [-0.25, -0.2) is 4.98 Å². The van der Waals surface area contributed by atoms with Crippen molar-refractivity contribution in [3.8, 4) is 17.0 Å². The number of benzene rings is 2. The van der Waals surface area contributed by atoms with Crippen LogP contribution in [0.2, 0.25) is 0 Å². The minimum atomic E-state index is 0.150. The normalized spacial score (nSPS) is 14.1. The molecule has 1 aromatic heterocycles. The molecule has 1 aliphatic rings. The van der Waals surface area contributed by atoms with E-state index < -0.39 is 0 Å². The van der Waals surface area contributed by atoms with E-state index in [2.05, 4.69) is 4.98 Å². The number of thiazole rings is 1. The molecule has 1 aliphatic heterocycles. The third kappa shape index (κ3) is 3.08. The van der Waals surface area contributed by atoms with Crippen molar-refractivity contribution in [1.82, 2.24) is 4.98 Å². The van der Waals surface area contributed by atoms with E-state index in [9.17, 15) is 5.11 Å². The van der Waals surface area contributed by atoms with E-state index in [1.165, 1.54) is 11.3 Å². The molecule has 0 saturated carbocycles. The lowest BCUT2D eigenvalue weighted by molar-refractivity contribution is 0.406. The molecule has 6 heteroatoms. The molecule has 136 valence electrons. The molecular formula is C21H19N3O2S. The van der Waals surface area contributed by atoms with E-state index in [0.717, 1.165) is 22.5 Å². The Morgan fingerprint density at radius 2 is 1.96 bits per heavy atom. The first-order valence-corrected chi connectivity index (χ1v) is 9.41. The molecule has 2 aromatic carbocycles. The molecule has 0 fully saturated rings. The molecule has 0 amide bonds. The van der Waals surface area contributed by atoms with Crippen LogP contribution in [0.5, 0.6) is 5.75 Å². The quantitative estimate of drug-likeness (QED) is 0.679. The standard InChI is InChI=1S/C21H19N3O2S/c1-13-8-9-18(26-2)16(10-13)24-11-17(25)19(20(24)22)21-23-15(12-27-21)14-6-4-3-5-7-14/h3-10,12,22,25H,11H2,1-2H3. The van der Waals surface area contributed by atoms with E-state index in [1.807, 2.05) is 60.8 Å².